The molecule has 0 aliphatic heterocycles. The van der Waals surface area contributed by atoms with Crippen molar-refractivity contribution in [1.29, 1.82) is 0 Å². The number of hydrogen-bond donors (Lipinski definition) is 2. The van der Waals surface area contributed by atoms with E-state index in [2.05, 4.69) is 41.2 Å². The van der Waals surface area contributed by atoms with Crippen LogP contribution in [0.3, 0.4) is 0 Å². The number of nitrogens with one attached hydrogen (secondary N) is 2. The second kappa shape index (κ2) is 9.12. The van der Waals surface area contributed by atoms with Crippen LogP contribution in [0.25, 0.3) is 22.3 Å². The third kappa shape index (κ3) is 4.53. The lowest BCUT2D eigenvalue weighted by Crippen LogP contribution is -2.27. The van der Waals surface area contributed by atoms with Gasteiger partial charge in [0.05, 0.1) is 11.1 Å². The Balaban J connectivity index is 1.62. The molecule has 166 valence electrons. The lowest BCUT2D eigenvalue weighted by molar-refractivity contribution is -0.116. The molecular formula is C19H13BrF3N5O3S. The molecule has 32 heavy (non-hydrogen) atoms. The van der Waals surface area contributed by atoms with Gasteiger partial charge < -0.3 is 10.1 Å². The Kier molecular flexibility index (Phi) is 6.28. The van der Waals surface area contributed by atoms with E-state index in [-0.39, 0.29) is 17.8 Å². The van der Waals surface area contributed by atoms with Gasteiger partial charge in [-0.2, -0.15) is 9.49 Å². The monoisotopic (exact) mass is 527 g/mol. The van der Waals surface area contributed by atoms with Crippen molar-refractivity contribution in [2.75, 3.05) is 5.32 Å². The zero-order valence-corrected chi connectivity index (χ0v) is 18.3. The van der Waals surface area contributed by atoms with Crippen LogP contribution in [0.2, 0.25) is 0 Å². The highest BCUT2D eigenvalue weighted by molar-refractivity contribution is 9.10. The molecule has 0 radical (unpaired) electrons. The van der Waals surface area contributed by atoms with Gasteiger partial charge in [0.2, 0.25) is 5.91 Å². The minimum Gasteiger partial charge on any atom is -0.454 e. The Morgan fingerprint density at radius 3 is 2.78 bits per heavy atom. The quantitative estimate of drug-likeness (QED) is 0.375. The van der Waals surface area contributed by atoms with Crippen LogP contribution in [-0.2, 0) is 11.3 Å². The van der Waals surface area contributed by atoms with E-state index in [1.165, 1.54) is 48.0 Å². The van der Waals surface area contributed by atoms with E-state index in [4.69, 9.17) is 0 Å². The van der Waals surface area contributed by atoms with Crippen LogP contribution in [-0.4, -0.2) is 38.4 Å². The largest absolute Gasteiger partial charge is 0.454 e. The predicted octanol–water partition coefficient (Wildman–Crippen LogP) is 4.19. The smallest absolute Gasteiger partial charge is 0.304 e. The fraction of sp³-hybridized carbons (Fsp3) is 0.158. The molecule has 1 amide bonds. The van der Waals surface area contributed by atoms with Crippen LogP contribution in [0.5, 0.6) is 5.75 Å². The third-order valence-corrected chi connectivity index (χ3v) is 6.19. The summed E-state index contributed by atoms with van der Waals surface area (Å²) in [5.41, 5.74) is 0.329. The van der Waals surface area contributed by atoms with Gasteiger partial charge in [0.25, 0.3) is 11.9 Å². The van der Waals surface area contributed by atoms with E-state index < -0.39 is 24.2 Å². The number of carbonyl (C=O) groups is 1. The Morgan fingerprint density at radius 1 is 1.28 bits per heavy atom. The lowest BCUT2D eigenvalue weighted by Gasteiger charge is -2.14. The Labute approximate surface area is 190 Å². The van der Waals surface area contributed by atoms with Gasteiger partial charge in [-0.05, 0) is 39.5 Å². The first-order valence-corrected chi connectivity index (χ1v) is 10.7. The molecule has 2 N–H and O–H groups in total. The zero-order chi connectivity index (χ0) is 22.8. The van der Waals surface area contributed by atoms with Crippen LogP contribution in [0.15, 0.2) is 51.3 Å². The highest BCUT2D eigenvalue weighted by Crippen LogP contribution is 2.38. The molecule has 0 aliphatic carbocycles. The first-order chi connectivity index (χ1) is 15.3. The number of ether oxygens (including phenoxy) is 1. The van der Waals surface area contributed by atoms with Crippen LogP contribution in [0.1, 0.15) is 0 Å². The summed E-state index contributed by atoms with van der Waals surface area (Å²) in [6.45, 7) is -0.376. The number of amides is 1. The minimum atomic E-state index is -3.32. The van der Waals surface area contributed by atoms with Gasteiger partial charge in [-0.3, -0.25) is 19.3 Å². The number of aromatic amines is 1. The zero-order valence-electron chi connectivity index (χ0n) is 15.9. The molecule has 1 aromatic carbocycles. The molecule has 4 rings (SSSR count). The summed E-state index contributed by atoms with van der Waals surface area (Å²) < 4.78 is 44.6. The maximum Gasteiger partial charge on any atom is 0.304 e. The number of nitrogens with zero attached hydrogens (tertiary/aromatic N) is 3. The molecule has 0 aliphatic rings. The van der Waals surface area contributed by atoms with Gasteiger partial charge in [-0.15, -0.1) is 11.3 Å². The lowest BCUT2D eigenvalue weighted by atomic mass is 10.2. The van der Waals surface area contributed by atoms with E-state index in [0.29, 0.717) is 26.2 Å². The maximum atomic E-state index is 13.3. The molecular weight excluding hydrogens is 515 g/mol. The van der Waals surface area contributed by atoms with Gasteiger partial charge in [0.15, 0.2) is 5.82 Å². The number of carbonyl (C=O) groups excluding carboxylic acids is 1. The highest BCUT2D eigenvalue weighted by atomic mass is 79.9. The number of halogens is 4. The molecule has 1 unspecified atom stereocenters. The third-order valence-electron chi connectivity index (χ3n) is 4.36. The molecule has 4 aromatic rings. The Hall–Kier alpha value is -3.19. The number of H-pyrrole nitrogens is 1. The van der Waals surface area contributed by atoms with Crippen LogP contribution in [0, 0.1) is 0 Å². The number of anilines is 1. The molecule has 13 heteroatoms. The van der Waals surface area contributed by atoms with Crippen LogP contribution >= 0.6 is 27.3 Å². The molecule has 1 atom stereocenters. The van der Waals surface area contributed by atoms with E-state index >= 15 is 0 Å². The van der Waals surface area contributed by atoms with Crippen molar-refractivity contribution in [3.8, 4) is 17.1 Å². The van der Waals surface area contributed by atoms with E-state index in [1.54, 1.807) is 5.38 Å². The number of pyridine rings is 1. The van der Waals surface area contributed by atoms with E-state index in [1.807, 2.05) is 0 Å². The number of aromatic nitrogens is 4. The van der Waals surface area contributed by atoms with Gasteiger partial charge in [0.1, 0.15) is 23.6 Å². The summed E-state index contributed by atoms with van der Waals surface area (Å²) in [5, 5.41) is 12.0. The SMILES string of the molecule is O=C(Cn1c(=O)ccc2ccc(OC(F)C(F)F)cc21)Nc1scc(Br)c1-c1ncn[nH]1. The van der Waals surface area contributed by atoms with Crippen molar-refractivity contribution in [1.82, 2.24) is 19.7 Å². The average Bonchev–Trinajstić information content (AvgIpc) is 3.39. The highest BCUT2D eigenvalue weighted by Gasteiger charge is 2.21. The average molecular weight is 528 g/mol. The van der Waals surface area contributed by atoms with Crippen LogP contribution in [0.4, 0.5) is 18.2 Å². The molecule has 0 saturated carbocycles. The molecule has 0 bridgehead atoms. The van der Waals surface area contributed by atoms with Crippen molar-refractivity contribution in [3.05, 3.63) is 56.9 Å². The summed E-state index contributed by atoms with van der Waals surface area (Å²) in [4.78, 5) is 29.3. The van der Waals surface area contributed by atoms with Crippen LogP contribution < -0.4 is 15.6 Å². The van der Waals surface area contributed by atoms with Crippen molar-refractivity contribution in [2.24, 2.45) is 0 Å². The summed E-state index contributed by atoms with van der Waals surface area (Å²) in [6.07, 6.45) is -4.80. The summed E-state index contributed by atoms with van der Waals surface area (Å²) in [6, 6.07) is 6.80. The van der Waals surface area contributed by atoms with Crippen molar-refractivity contribution >= 4 is 49.1 Å². The van der Waals surface area contributed by atoms with E-state index in [9.17, 15) is 22.8 Å². The minimum absolute atomic E-state index is 0.195. The number of benzene rings is 1. The second-order valence-corrected chi connectivity index (χ2v) is 8.19. The second-order valence-electron chi connectivity index (χ2n) is 6.45. The number of thiophene rings is 1. The fourth-order valence-corrected chi connectivity index (χ4v) is 4.61. The summed E-state index contributed by atoms with van der Waals surface area (Å²) in [7, 11) is 0. The van der Waals surface area contributed by atoms with Crippen molar-refractivity contribution in [2.45, 2.75) is 19.3 Å². The molecule has 3 aromatic heterocycles. The summed E-state index contributed by atoms with van der Waals surface area (Å²) >= 11 is 4.64. The molecule has 0 fully saturated rings. The first kappa shape index (κ1) is 22.0. The standard InChI is InChI=1S/C19H13BrF3N5O3S/c20-11-7-32-19(15(11)18-24-8-25-27-18)26-13(29)6-28-12-5-10(31-17(23)16(21)22)3-1-9(12)2-4-14(28)30/h1-5,7-8,16-17H,6H2,(H,26,29)(H,24,25,27). The molecule has 3 heterocycles. The number of fused-ring (bicyclic) bond motifs is 1. The Bertz CT molecular complexity index is 1330. The number of hydrogen-bond acceptors (Lipinski definition) is 6. The first-order valence-electron chi connectivity index (χ1n) is 8.98. The predicted molar refractivity (Wildman–Crippen MR) is 116 cm³/mol. The van der Waals surface area contributed by atoms with Crippen molar-refractivity contribution in [3.63, 3.8) is 0 Å². The summed E-state index contributed by atoms with van der Waals surface area (Å²) in [5.74, 6) is -0.269. The topological polar surface area (TPSA) is 102 Å². The fourth-order valence-electron chi connectivity index (χ4n) is 2.97. The van der Waals surface area contributed by atoms with Gasteiger partial charge in [-0.1, -0.05) is 0 Å². The number of alkyl halides is 3. The van der Waals surface area contributed by atoms with E-state index in [0.717, 1.165) is 4.57 Å². The molecule has 0 spiro atoms. The van der Waals surface area contributed by atoms with Gasteiger partial charge in [0, 0.05) is 22.0 Å². The molecule has 0 saturated heterocycles. The Morgan fingerprint density at radius 2 is 2.06 bits per heavy atom. The normalized spacial score (nSPS) is 12.3. The van der Waals surface area contributed by atoms with Crippen molar-refractivity contribution < 1.29 is 22.7 Å². The number of rotatable bonds is 7. The van der Waals surface area contributed by atoms with Gasteiger partial charge in [-0.25, -0.2) is 13.8 Å². The molecule has 8 nitrogen and oxygen atoms in total. The maximum absolute atomic E-state index is 13.3. The van der Waals surface area contributed by atoms with Gasteiger partial charge >= 0.3 is 6.43 Å².